The third-order valence-corrected chi connectivity index (χ3v) is 5.87. The molecule has 2 aromatic carbocycles. The van der Waals surface area contributed by atoms with Gasteiger partial charge in [0.1, 0.15) is 0 Å². The van der Waals surface area contributed by atoms with Crippen molar-refractivity contribution in [2.75, 3.05) is 5.75 Å². The van der Waals surface area contributed by atoms with E-state index in [-0.39, 0.29) is 11.9 Å². The third kappa shape index (κ3) is 4.05. The van der Waals surface area contributed by atoms with E-state index in [2.05, 4.69) is 10.3 Å². The molecule has 118 valence electrons. The molecule has 0 saturated carbocycles. The molecule has 6 heteroatoms. The van der Waals surface area contributed by atoms with E-state index in [1.165, 1.54) is 11.8 Å². The average Bonchev–Trinajstić information content (AvgIpc) is 2.96. The molecule has 1 atom stereocenters. The Morgan fingerprint density at radius 3 is 2.78 bits per heavy atom. The number of carbonyl (C=O) groups excluding carboxylic acids is 1. The maximum absolute atomic E-state index is 12.1. The minimum Gasteiger partial charge on any atom is -0.349 e. The number of aromatic nitrogens is 1. The van der Waals surface area contributed by atoms with Crippen LogP contribution in [-0.2, 0) is 4.79 Å². The molecule has 23 heavy (non-hydrogen) atoms. The lowest BCUT2D eigenvalue weighted by molar-refractivity contribution is -0.119. The molecule has 1 N–H and O–H groups in total. The van der Waals surface area contributed by atoms with Crippen LogP contribution < -0.4 is 5.32 Å². The Morgan fingerprint density at radius 2 is 2.00 bits per heavy atom. The topological polar surface area (TPSA) is 42.0 Å². The fourth-order valence-electron chi connectivity index (χ4n) is 2.23. The summed E-state index contributed by atoms with van der Waals surface area (Å²) < 4.78 is 2.05. The maximum Gasteiger partial charge on any atom is 0.230 e. The van der Waals surface area contributed by atoms with E-state index < -0.39 is 0 Å². The molecule has 3 aromatic rings. The molecule has 0 aliphatic rings. The van der Waals surface area contributed by atoms with Gasteiger partial charge in [0.25, 0.3) is 0 Å². The second-order valence-electron chi connectivity index (χ2n) is 5.05. The first kappa shape index (κ1) is 16.3. The van der Waals surface area contributed by atoms with Crippen molar-refractivity contribution in [2.45, 2.75) is 17.3 Å². The molecule has 0 radical (unpaired) electrons. The fraction of sp³-hybridized carbons (Fsp3) is 0.176. The van der Waals surface area contributed by atoms with Gasteiger partial charge in [-0.2, -0.15) is 0 Å². The van der Waals surface area contributed by atoms with Gasteiger partial charge in [0, 0.05) is 5.02 Å². The minimum atomic E-state index is -0.118. The van der Waals surface area contributed by atoms with Crippen LogP contribution in [0.2, 0.25) is 5.02 Å². The Hall–Kier alpha value is -1.56. The SMILES string of the molecule is C[C@H](NC(=O)CSc1nc2ccccc2s1)c1ccccc1Cl. The summed E-state index contributed by atoms with van der Waals surface area (Å²) in [5.74, 6) is 0.316. The monoisotopic (exact) mass is 362 g/mol. The summed E-state index contributed by atoms with van der Waals surface area (Å²) in [6, 6.07) is 15.4. The highest BCUT2D eigenvalue weighted by Gasteiger charge is 2.13. The zero-order valence-corrected chi connectivity index (χ0v) is 14.8. The number of nitrogens with zero attached hydrogens (tertiary/aromatic N) is 1. The number of thiazole rings is 1. The van der Waals surface area contributed by atoms with Crippen LogP contribution >= 0.6 is 34.7 Å². The van der Waals surface area contributed by atoms with Crippen LogP contribution in [0, 0.1) is 0 Å². The van der Waals surface area contributed by atoms with Gasteiger partial charge in [-0.1, -0.05) is 53.7 Å². The van der Waals surface area contributed by atoms with Gasteiger partial charge in [-0.15, -0.1) is 11.3 Å². The molecule has 0 aliphatic heterocycles. The van der Waals surface area contributed by atoms with Crippen LogP contribution in [0.3, 0.4) is 0 Å². The molecule has 0 fully saturated rings. The average molecular weight is 363 g/mol. The number of amides is 1. The number of para-hydroxylation sites is 1. The summed E-state index contributed by atoms with van der Waals surface area (Å²) in [7, 11) is 0. The second-order valence-corrected chi connectivity index (χ2v) is 7.71. The molecule has 0 aliphatic carbocycles. The highest BCUT2D eigenvalue weighted by atomic mass is 35.5. The first-order valence-corrected chi connectivity index (χ1v) is 9.33. The normalized spacial score (nSPS) is 12.3. The molecular formula is C17H15ClN2OS2. The lowest BCUT2D eigenvalue weighted by atomic mass is 10.1. The van der Waals surface area contributed by atoms with Crippen molar-refractivity contribution >= 4 is 50.8 Å². The van der Waals surface area contributed by atoms with E-state index in [0.717, 1.165) is 20.1 Å². The highest BCUT2D eigenvalue weighted by Crippen LogP contribution is 2.29. The van der Waals surface area contributed by atoms with E-state index in [4.69, 9.17) is 11.6 Å². The van der Waals surface area contributed by atoms with Gasteiger partial charge in [-0.25, -0.2) is 4.98 Å². The Morgan fingerprint density at radius 1 is 1.26 bits per heavy atom. The number of thioether (sulfide) groups is 1. The fourth-order valence-corrected chi connectivity index (χ4v) is 4.41. The van der Waals surface area contributed by atoms with Crippen LogP contribution in [0.4, 0.5) is 0 Å². The standard InChI is InChI=1S/C17H15ClN2OS2/c1-11(12-6-2-3-7-13(12)18)19-16(21)10-22-17-20-14-8-4-5-9-15(14)23-17/h2-9,11H,10H2,1H3,(H,19,21)/t11-/m0/s1. The van der Waals surface area contributed by atoms with Crippen molar-refractivity contribution in [3.8, 4) is 0 Å². The molecule has 3 rings (SSSR count). The molecule has 0 unspecified atom stereocenters. The van der Waals surface area contributed by atoms with E-state index in [9.17, 15) is 4.79 Å². The van der Waals surface area contributed by atoms with Crippen molar-refractivity contribution < 1.29 is 4.79 Å². The molecule has 1 amide bonds. The third-order valence-electron chi connectivity index (χ3n) is 3.35. The zero-order chi connectivity index (χ0) is 16.2. The van der Waals surface area contributed by atoms with Gasteiger partial charge in [0.2, 0.25) is 5.91 Å². The molecule has 3 nitrogen and oxygen atoms in total. The molecule has 1 aromatic heterocycles. The minimum absolute atomic E-state index is 0.0262. The van der Waals surface area contributed by atoms with Gasteiger partial charge in [0.05, 0.1) is 22.0 Å². The molecular weight excluding hydrogens is 348 g/mol. The van der Waals surface area contributed by atoms with Gasteiger partial charge in [0.15, 0.2) is 4.34 Å². The van der Waals surface area contributed by atoms with Gasteiger partial charge < -0.3 is 5.32 Å². The van der Waals surface area contributed by atoms with Gasteiger partial charge in [-0.05, 0) is 30.7 Å². The highest BCUT2D eigenvalue weighted by molar-refractivity contribution is 8.01. The Bertz CT molecular complexity index is 801. The number of rotatable bonds is 5. The predicted molar refractivity (Wildman–Crippen MR) is 98.4 cm³/mol. The summed E-state index contributed by atoms with van der Waals surface area (Å²) in [6.07, 6.45) is 0. The van der Waals surface area contributed by atoms with E-state index in [1.54, 1.807) is 11.3 Å². The number of fused-ring (bicyclic) bond motifs is 1. The molecule has 1 heterocycles. The lowest BCUT2D eigenvalue weighted by Gasteiger charge is -2.15. The smallest absolute Gasteiger partial charge is 0.230 e. The Kier molecular flexibility index (Phi) is 5.20. The van der Waals surface area contributed by atoms with Gasteiger partial charge in [-0.3, -0.25) is 4.79 Å². The number of hydrogen-bond acceptors (Lipinski definition) is 4. The van der Waals surface area contributed by atoms with E-state index in [1.807, 2.05) is 55.5 Å². The number of halogens is 1. The zero-order valence-electron chi connectivity index (χ0n) is 12.5. The predicted octanol–water partition coefficient (Wildman–Crippen LogP) is 4.92. The number of hydrogen-bond donors (Lipinski definition) is 1. The Balaban J connectivity index is 1.58. The summed E-state index contributed by atoms with van der Waals surface area (Å²) in [6.45, 7) is 1.93. The lowest BCUT2D eigenvalue weighted by Crippen LogP contribution is -2.28. The Labute approximate surface area is 148 Å². The van der Waals surface area contributed by atoms with Crippen LogP contribution in [0.5, 0.6) is 0 Å². The van der Waals surface area contributed by atoms with Crippen LogP contribution in [0.15, 0.2) is 52.9 Å². The van der Waals surface area contributed by atoms with Crippen molar-refractivity contribution in [3.63, 3.8) is 0 Å². The number of nitrogens with one attached hydrogen (secondary N) is 1. The van der Waals surface area contributed by atoms with Crippen molar-refractivity contribution in [1.82, 2.24) is 10.3 Å². The van der Waals surface area contributed by atoms with E-state index in [0.29, 0.717) is 10.8 Å². The van der Waals surface area contributed by atoms with Crippen molar-refractivity contribution in [3.05, 3.63) is 59.1 Å². The van der Waals surface area contributed by atoms with Crippen LogP contribution in [0.1, 0.15) is 18.5 Å². The maximum atomic E-state index is 12.1. The van der Waals surface area contributed by atoms with Gasteiger partial charge >= 0.3 is 0 Å². The first-order valence-electron chi connectivity index (χ1n) is 7.15. The van der Waals surface area contributed by atoms with Crippen LogP contribution in [-0.4, -0.2) is 16.6 Å². The largest absolute Gasteiger partial charge is 0.349 e. The number of benzene rings is 2. The molecule has 0 spiro atoms. The summed E-state index contributed by atoms with van der Waals surface area (Å²) >= 11 is 9.22. The van der Waals surface area contributed by atoms with Crippen LogP contribution in [0.25, 0.3) is 10.2 Å². The van der Waals surface area contributed by atoms with E-state index >= 15 is 0 Å². The first-order chi connectivity index (χ1) is 11.1. The summed E-state index contributed by atoms with van der Waals surface area (Å²) in [5.41, 5.74) is 1.90. The summed E-state index contributed by atoms with van der Waals surface area (Å²) in [4.78, 5) is 16.6. The number of carbonyl (C=O) groups is 1. The second kappa shape index (κ2) is 7.34. The van der Waals surface area contributed by atoms with Crippen molar-refractivity contribution in [1.29, 1.82) is 0 Å². The van der Waals surface area contributed by atoms with Crippen molar-refractivity contribution in [2.24, 2.45) is 0 Å². The summed E-state index contributed by atoms with van der Waals surface area (Å²) in [5, 5.41) is 3.64. The molecule has 0 saturated heterocycles. The quantitative estimate of drug-likeness (QED) is 0.655. The molecule has 0 bridgehead atoms.